The zero-order valence-electron chi connectivity index (χ0n) is 12.2. The van der Waals surface area contributed by atoms with Gasteiger partial charge in [-0.1, -0.05) is 12.2 Å². The molecule has 110 valence electrons. The van der Waals surface area contributed by atoms with Gasteiger partial charge in [-0.3, -0.25) is 4.79 Å². The molecule has 1 rings (SSSR count). The molecule has 0 bridgehead atoms. The topological polar surface area (TPSA) is 64.3 Å². The quantitative estimate of drug-likeness (QED) is 0.625. The van der Waals surface area contributed by atoms with Gasteiger partial charge in [-0.05, 0) is 51.5 Å². The average molecular weight is 294 g/mol. The van der Waals surface area contributed by atoms with Crippen molar-refractivity contribution >= 4 is 28.8 Å². The molecule has 0 heterocycles. The lowest BCUT2D eigenvalue weighted by Gasteiger charge is -2.19. The molecule has 0 aliphatic rings. The highest BCUT2D eigenvalue weighted by Gasteiger charge is 2.10. The monoisotopic (exact) mass is 294 g/mol. The first kappa shape index (κ1) is 16.6. The van der Waals surface area contributed by atoms with Crippen molar-refractivity contribution in [1.82, 2.24) is 0 Å². The lowest BCUT2D eigenvalue weighted by atomic mass is 10.2. The van der Waals surface area contributed by atoms with Crippen molar-refractivity contribution in [1.29, 1.82) is 0 Å². The number of carbonyl (C=O) groups is 1. The third kappa shape index (κ3) is 6.63. The van der Waals surface area contributed by atoms with Crippen LogP contribution in [-0.2, 0) is 9.53 Å². The Morgan fingerprint density at radius 1 is 1.30 bits per heavy atom. The number of hydrogen-bond acceptors (Lipinski definition) is 3. The van der Waals surface area contributed by atoms with Crippen LogP contribution in [0.25, 0.3) is 0 Å². The van der Waals surface area contributed by atoms with Crippen LogP contribution in [0.2, 0.25) is 0 Å². The van der Waals surface area contributed by atoms with Gasteiger partial charge in [-0.15, -0.1) is 0 Å². The standard InChI is InChI=1S/C15H22N2O2S/c1-15(2,3)19-10-4-5-13(18)17-12-8-6-11(7-9-12)14(16)20/h6-9H,4-5,10H2,1-3H3,(H2,16,20)(H,17,18). The van der Waals surface area contributed by atoms with E-state index in [4.69, 9.17) is 22.7 Å². The zero-order valence-corrected chi connectivity index (χ0v) is 13.0. The molecule has 4 nitrogen and oxygen atoms in total. The second-order valence-corrected chi connectivity index (χ2v) is 5.99. The summed E-state index contributed by atoms with van der Waals surface area (Å²) in [5, 5.41) is 2.83. The van der Waals surface area contributed by atoms with E-state index in [0.717, 1.165) is 11.3 Å². The molecule has 0 unspecified atom stereocenters. The van der Waals surface area contributed by atoms with Crippen LogP contribution in [0.4, 0.5) is 5.69 Å². The fourth-order valence-corrected chi connectivity index (χ4v) is 1.69. The predicted octanol–water partition coefficient (Wildman–Crippen LogP) is 2.85. The van der Waals surface area contributed by atoms with Gasteiger partial charge in [0.15, 0.2) is 0 Å². The summed E-state index contributed by atoms with van der Waals surface area (Å²) in [4.78, 5) is 12.1. The van der Waals surface area contributed by atoms with Crippen LogP contribution in [-0.4, -0.2) is 23.1 Å². The van der Waals surface area contributed by atoms with Crippen molar-refractivity contribution < 1.29 is 9.53 Å². The molecule has 0 saturated heterocycles. The fourth-order valence-electron chi connectivity index (χ4n) is 1.55. The number of rotatable bonds is 6. The van der Waals surface area contributed by atoms with Gasteiger partial charge in [0, 0.05) is 24.3 Å². The summed E-state index contributed by atoms with van der Waals surface area (Å²) in [5.41, 5.74) is 6.88. The maximum Gasteiger partial charge on any atom is 0.224 e. The van der Waals surface area contributed by atoms with E-state index in [-0.39, 0.29) is 11.5 Å². The van der Waals surface area contributed by atoms with Crippen LogP contribution >= 0.6 is 12.2 Å². The molecular formula is C15H22N2O2S. The number of amides is 1. The van der Waals surface area contributed by atoms with Crippen LogP contribution in [0, 0.1) is 0 Å². The van der Waals surface area contributed by atoms with Crippen LogP contribution < -0.4 is 11.1 Å². The Hall–Kier alpha value is -1.46. The number of thiocarbonyl (C=S) groups is 1. The maximum absolute atomic E-state index is 11.7. The van der Waals surface area contributed by atoms with E-state index in [9.17, 15) is 4.79 Å². The smallest absolute Gasteiger partial charge is 0.224 e. The van der Waals surface area contributed by atoms with Crippen LogP contribution in [0.5, 0.6) is 0 Å². The Bertz CT molecular complexity index is 464. The third-order valence-electron chi connectivity index (χ3n) is 2.54. The van der Waals surface area contributed by atoms with E-state index in [1.165, 1.54) is 0 Å². The molecule has 20 heavy (non-hydrogen) atoms. The van der Waals surface area contributed by atoms with Crippen molar-refractivity contribution in [2.75, 3.05) is 11.9 Å². The van der Waals surface area contributed by atoms with E-state index in [1.807, 2.05) is 20.8 Å². The molecule has 5 heteroatoms. The Balaban J connectivity index is 2.33. The van der Waals surface area contributed by atoms with Gasteiger partial charge in [0.2, 0.25) is 5.91 Å². The number of nitrogens with two attached hydrogens (primary N) is 1. The van der Waals surface area contributed by atoms with Crippen LogP contribution in [0.1, 0.15) is 39.2 Å². The van der Waals surface area contributed by atoms with Gasteiger partial charge < -0.3 is 15.8 Å². The molecule has 0 fully saturated rings. The summed E-state index contributed by atoms with van der Waals surface area (Å²) < 4.78 is 5.56. The van der Waals surface area contributed by atoms with Gasteiger partial charge in [0.1, 0.15) is 4.99 Å². The summed E-state index contributed by atoms with van der Waals surface area (Å²) in [6.45, 7) is 6.57. The molecule has 0 atom stereocenters. The number of ether oxygens (including phenoxy) is 1. The summed E-state index contributed by atoms with van der Waals surface area (Å²) in [5.74, 6) is -0.0226. The molecule has 0 saturated carbocycles. The Morgan fingerprint density at radius 3 is 2.40 bits per heavy atom. The summed E-state index contributed by atoms with van der Waals surface area (Å²) >= 11 is 4.87. The van der Waals surface area contributed by atoms with E-state index >= 15 is 0 Å². The van der Waals surface area contributed by atoms with Crippen molar-refractivity contribution in [2.24, 2.45) is 5.73 Å². The second kappa shape index (κ2) is 7.36. The molecule has 0 aliphatic heterocycles. The predicted molar refractivity (Wildman–Crippen MR) is 85.9 cm³/mol. The van der Waals surface area contributed by atoms with Crippen molar-refractivity contribution in [3.63, 3.8) is 0 Å². The minimum Gasteiger partial charge on any atom is -0.389 e. The van der Waals surface area contributed by atoms with E-state index in [2.05, 4.69) is 5.32 Å². The molecule has 0 spiro atoms. The second-order valence-electron chi connectivity index (χ2n) is 5.55. The Morgan fingerprint density at radius 2 is 1.90 bits per heavy atom. The first-order valence-corrected chi connectivity index (χ1v) is 7.02. The molecule has 3 N–H and O–H groups in total. The highest BCUT2D eigenvalue weighted by Crippen LogP contribution is 2.11. The number of benzene rings is 1. The highest BCUT2D eigenvalue weighted by molar-refractivity contribution is 7.80. The fraction of sp³-hybridized carbons (Fsp3) is 0.467. The molecule has 0 aliphatic carbocycles. The number of carbonyl (C=O) groups excluding carboxylic acids is 1. The van der Waals surface area contributed by atoms with Gasteiger partial charge in [0.25, 0.3) is 0 Å². The lowest BCUT2D eigenvalue weighted by molar-refractivity contribution is -0.116. The average Bonchev–Trinajstić information content (AvgIpc) is 2.34. The summed E-state index contributed by atoms with van der Waals surface area (Å²) in [6, 6.07) is 7.16. The third-order valence-corrected chi connectivity index (χ3v) is 2.77. The largest absolute Gasteiger partial charge is 0.389 e. The Kier molecular flexibility index (Phi) is 6.10. The maximum atomic E-state index is 11.7. The van der Waals surface area contributed by atoms with E-state index in [1.54, 1.807) is 24.3 Å². The first-order valence-electron chi connectivity index (χ1n) is 6.61. The van der Waals surface area contributed by atoms with Gasteiger partial charge in [-0.2, -0.15) is 0 Å². The van der Waals surface area contributed by atoms with E-state index < -0.39 is 0 Å². The highest BCUT2D eigenvalue weighted by atomic mass is 32.1. The van der Waals surface area contributed by atoms with Crippen LogP contribution in [0.15, 0.2) is 24.3 Å². The van der Waals surface area contributed by atoms with Gasteiger partial charge in [-0.25, -0.2) is 0 Å². The summed E-state index contributed by atoms with van der Waals surface area (Å²) in [6.07, 6.45) is 1.14. The van der Waals surface area contributed by atoms with Crippen molar-refractivity contribution in [3.05, 3.63) is 29.8 Å². The SMILES string of the molecule is CC(C)(C)OCCCC(=O)Nc1ccc(C(N)=S)cc1. The molecule has 0 aromatic heterocycles. The lowest BCUT2D eigenvalue weighted by Crippen LogP contribution is -2.20. The molecule has 1 aromatic rings. The number of hydrogen-bond donors (Lipinski definition) is 2. The Labute approximate surface area is 125 Å². The van der Waals surface area contributed by atoms with Crippen LogP contribution in [0.3, 0.4) is 0 Å². The summed E-state index contributed by atoms with van der Waals surface area (Å²) in [7, 11) is 0. The first-order chi connectivity index (χ1) is 9.28. The zero-order chi connectivity index (χ0) is 15.2. The molecule has 1 amide bonds. The minimum atomic E-state index is -0.160. The minimum absolute atomic E-state index is 0.0226. The molecular weight excluding hydrogens is 272 g/mol. The van der Waals surface area contributed by atoms with Crippen molar-refractivity contribution in [2.45, 2.75) is 39.2 Å². The normalized spacial score (nSPS) is 11.2. The van der Waals surface area contributed by atoms with Crippen molar-refractivity contribution in [3.8, 4) is 0 Å². The van der Waals surface area contributed by atoms with Gasteiger partial charge in [0.05, 0.1) is 5.60 Å². The number of anilines is 1. The molecule has 1 aromatic carbocycles. The van der Waals surface area contributed by atoms with E-state index in [0.29, 0.717) is 24.4 Å². The van der Waals surface area contributed by atoms with Gasteiger partial charge >= 0.3 is 0 Å². The number of nitrogens with one attached hydrogen (secondary N) is 1. The molecule has 0 radical (unpaired) electrons.